The van der Waals surface area contributed by atoms with Crippen LogP contribution in [0.4, 0.5) is 0 Å². The lowest BCUT2D eigenvalue weighted by atomic mass is 9.97. The smallest absolute Gasteiger partial charge is 0.260 e. The normalized spacial score (nSPS) is 14.1. The number of aromatic amines is 1. The van der Waals surface area contributed by atoms with E-state index in [1.807, 2.05) is 12.1 Å². The monoisotopic (exact) mass is 406 g/mol. The van der Waals surface area contributed by atoms with Crippen LogP contribution in [0.25, 0.3) is 10.2 Å². The molecule has 0 saturated heterocycles. The van der Waals surface area contributed by atoms with Crippen molar-refractivity contribution < 1.29 is 0 Å². The van der Waals surface area contributed by atoms with Crippen molar-refractivity contribution >= 4 is 49.2 Å². The van der Waals surface area contributed by atoms with Crippen LogP contribution < -0.4 is 5.56 Å². The van der Waals surface area contributed by atoms with Gasteiger partial charge in [-0.2, -0.15) is 0 Å². The van der Waals surface area contributed by atoms with Gasteiger partial charge >= 0.3 is 0 Å². The number of halogens is 1. The summed E-state index contributed by atoms with van der Waals surface area (Å²) in [6.45, 7) is 0. The number of nitrogens with zero attached hydrogens (tertiary/aromatic N) is 1. The molecule has 4 rings (SSSR count). The van der Waals surface area contributed by atoms with E-state index in [2.05, 4.69) is 33.0 Å². The predicted molar refractivity (Wildman–Crippen MR) is 101 cm³/mol. The summed E-state index contributed by atoms with van der Waals surface area (Å²) in [5, 5.41) is 1.54. The average Bonchev–Trinajstić information content (AvgIpc) is 2.92. The third-order valence-corrected chi connectivity index (χ3v) is 6.69. The number of fused-ring (bicyclic) bond motifs is 3. The van der Waals surface area contributed by atoms with E-state index >= 15 is 0 Å². The van der Waals surface area contributed by atoms with E-state index in [0.29, 0.717) is 5.16 Å². The zero-order valence-corrected chi connectivity index (χ0v) is 15.6. The van der Waals surface area contributed by atoms with Gasteiger partial charge < -0.3 is 4.98 Å². The molecule has 1 aliphatic carbocycles. The highest BCUT2D eigenvalue weighted by molar-refractivity contribution is 9.10. The minimum Gasteiger partial charge on any atom is -0.301 e. The van der Waals surface area contributed by atoms with Crippen LogP contribution in [0.15, 0.2) is 38.7 Å². The number of thioether (sulfide) groups is 1. The second-order valence-electron chi connectivity index (χ2n) is 5.68. The van der Waals surface area contributed by atoms with Gasteiger partial charge in [-0.25, -0.2) is 4.98 Å². The van der Waals surface area contributed by atoms with Crippen molar-refractivity contribution in [2.45, 2.75) is 36.6 Å². The Hall–Kier alpha value is -1.11. The van der Waals surface area contributed by atoms with Gasteiger partial charge in [0.05, 0.1) is 5.39 Å². The lowest BCUT2D eigenvalue weighted by Gasteiger charge is -2.09. The standard InChI is InChI=1S/C17H15BrN2OS2/c18-11-5-3-4-10(8-11)9-22-17-19-15(21)14-12-6-1-2-7-13(12)23-16(14)20-17/h3-5,8H,1-2,6-7,9H2,(H,19,20,21). The molecule has 0 aliphatic heterocycles. The molecule has 23 heavy (non-hydrogen) atoms. The number of aromatic nitrogens is 2. The van der Waals surface area contributed by atoms with Crippen LogP contribution in [0.1, 0.15) is 28.8 Å². The van der Waals surface area contributed by atoms with E-state index in [9.17, 15) is 4.79 Å². The van der Waals surface area contributed by atoms with Crippen LogP contribution in [0.3, 0.4) is 0 Å². The molecule has 1 N–H and O–H groups in total. The molecule has 0 fully saturated rings. The maximum atomic E-state index is 12.5. The summed E-state index contributed by atoms with van der Waals surface area (Å²) in [6.07, 6.45) is 4.51. The van der Waals surface area contributed by atoms with Crippen LogP contribution in [0, 0.1) is 0 Å². The fraction of sp³-hybridized carbons (Fsp3) is 0.294. The SMILES string of the molecule is O=c1[nH]c(SCc2cccc(Br)c2)nc2sc3c(c12)CCCC3. The van der Waals surface area contributed by atoms with Gasteiger partial charge in [0.25, 0.3) is 5.56 Å². The second-order valence-corrected chi connectivity index (χ2v) is 8.64. The molecule has 2 aromatic heterocycles. The molecule has 0 radical (unpaired) electrons. The van der Waals surface area contributed by atoms with Gasteiger partial charge in [0, 0.05) is 15.1 Å². The Kier molecular flexibility index (Phi) is 4.30. The minimum atomic E-state index is 0.0196. The first-order valence-electron chi connectivity index (χ1n) is 7.62. The van der Waals surface area contributed by atoms with Gasteiger partial charge in [0.15, 0.2) is 5.16 Å². The highest BCUT2D eigenvalue weighted by atomic mass is 79.9. The molecule has 0 unspecified atom stereocenters. The van der Waals surface area contributed by atoms with Crippen molar-refractivity contribution in [3.05, 3.63) is 55.1 Å². The lowest BCUT2D eigenvalue weighted by molar-refractivity contribution is 0.700. The molecule has 3 nitrogen and oxygen atoms in total. The van der Waals surface area contributed by atoms with Crippen molar-refractivity contribution in [2.24, 2.45) is 0 Å². The summed E-state index contributed by atoms with van der Waals surface area (Å²) < 4.78 is 1.07. The number of benzene rings is 1. The van der Waals surface area contributed by atoms with Crippen LogP contribution in [0.5, 0.6) is 0 Å². The molecule has 3 aromatic rings. The summed E-state index contributed by atoms with van der Waals surface area (Å²) in [5.41, 5.74) is 2.47. The van der Waals surface area contributed by atoms with Crippen molar-refractivity contribution in [1.29, 1.82) is 0 Å². The van der Waals surface area contributed by atoms with Gasteiger partial charge in [0.2, 0.25) is 0 Å². The van der Waals surface area contributed by atoms with Crippen molar-refractivity contribution in [2.75, 3.05) is 0 Å². The molecule has 0 amide bonds. The molecule has 0 atom stereocenters. The Morgan fingerprint density at radius 3 is 3.04 bits per heavy atom. The van der Waals surface area contributed by atoms with Gasteiger partial charge in [0.1, 0.15) is 4.83 Å². The van der Waals surface area contributed by atoms with Gasteiger partial charge in [-0.1, -0.05) is 39.8 Å². The lowest BCUT2D eigenvalue weighted by Crippen LogP contribution is -2.10. The summed E-state index contributed by atoms with van der Waals surface area (Å²) >= 11 is 6.76. The van der Waals surface area contributed by atoms with E-state index in [0.717, 1.165) is 33.3 Å². The quantitative estimate of drug-likeness (QED) is 0.495. The topological polar surface area (TPSA) is 45.8 Å². The van der Waals surface area contributed by atoms with E-state index < -0.39 is 0 Å². The second kappa shape index (κ2) is 6.42. The molecule has 6 heteroatoms. The minimum absolute atomic E-state index is 0.0196. The molecule has 0 saturated carbocycles. The Labute approximate surface area is 150 Å². The van der Waals surface area contributed by atoms with E-state index in [4.69, 9.17) is 4.98 Å². The molecule has 0 bridgehead atoms. The first-order valence-corrected chi connectivity index (χ1v) is 10.2. The predicted octanol–water partition coefficient (Wildman–Crippen LogP) is 4.92. The summed E-state index contributed by atoms with van der Waals surface area (Å²) in [7, 11) is 0. The average molecular weight is 407 g/mol. The van der Waals surface area contributed by atoms with Gasteiger partial charge in [-0.05, 0) is 48.9 Å². The molecule has 0 spiro atoms. The molecule has 118 valence electrons. The highest BCUT2D eigenvalue weighted by Crippen LogP contribution is 2.34. The van der Waals surface area contributed by atoms with E-state index in [1.165, 1.54) is 28.8 Å². The third kappa shape index (κ3) is 3.12. The first-order chi connectivity index (χ1) is 11.2. The number of aryl methyl sites for hydroxylation is 2. The Morgan fingerprint density at radius 2 is 2.17 bits per heavy atom. The Morgan fingerprint density at radius 1 is 1.30 bits per heavy atom. The number of H-pyrrole nitrogens is 1. The molecule has 1 aromatic carbocycles. The summed E-state index contributed by atoms with van der Waals surface area (Å²) in [5.74, 6) is 0.791. The van der Waals surface area contributed by atoms with Crippen LogP contribution >= 0.6 is 39.0 Å². The fourth-order valence-electron chi connectivity index (χ4n) is 2.99. The zero-order valence-electron chi connectivity index (χ0n) is 12.4. The maximum Gasteiger partial charge on any atom is 0.260 e. The summed E-state index contributed by atoms with van der Waals surface area (Å²) in [4.78, 5) is 22.4. The zero-order chi connectivity index (χ0) is 15.8. The highest BCUT2D eigenvalue weighted by Gasteiger charge is 2.19. The van der Waals surface area contributed by atoms with Crippen LogP contribution in [-0.2, 0) is 18.6 Å². The first kappa shape index (κ1) is 15.4. The van der Waals surface area contributed by atoms with Crippen LogP contribution in [0.2, 0.25) is 0 Å². The molecular formula is C17H15BrN2OS2. The maximum absolute atomic E-state index is 12.5. The van der Waals surface area contributed by atoms with E-state index in [-0.39, 0.29) is 5.56 Å². The van der Waals surface area contributed by atoms with Crippen LogP contribution in [-0.4, -0.2) is 9.97 Å². The number of hydrogen-bond donors (Lipinski definition) is 1. The van der Waals surface area contributed by atoms with Crippen molar-refractivity contribution in [3.8, 4) is 0 Å². The Bertz CT molecular complexity index is 932. The van der Waals surface area contributed by atoms with Gasteiger partial charge in [-0.15, -0.1) is 11.3 Å². The van der Waals surface area contributed by atoms with Crippen molar-refractivity contribution in [1.82, 2.24) is 9.97 Å². The molecular weight excluding hydrogens is 392 g/mol. The molecule has 1 aliphatic rings. The van der Waals surface area contributed by atoms with E-state index in [1.54, 1.807) is 23.1 Å². The van der Waals surface area contributed by atoms with Crippen molar-refractivity contribution in [3.63, 3.8) is 0 Å². The van der Waals surface area contributed by atoms with Gasteiger partial charge in [-0.3, -0.25) is 4.79 Å². The number of nitrogens with one attached hydrogen (secondary N) is 1. The largest absolute Gasteiger partial charge is 0.301 e. The third-order valence-electron chi connectivity index (χ3n) is 4.07. The Balaban J connectivity index is 1.65. The fourth-order valence-corrected chi connectivity index (χ4v) is 5.56. The number of rotatable bonds is 3. The number of thiophene rings is 1. The summed E-state index contributed by atoms with van der Waals surface area (Å²) in [6, 6.07) is 8.20. The molecule has 2 heterocycles. The number of hydrogen-bond acceptors (Lipinski definition) is 4.